The first kappa shape index (κ1) is 28.4. The number of anilines is 1. The molecule has 2 aromatic heterocycles. The number of carboxylic acid groups (broad SMARTS) is 1. The number of nitrogen functional groups attached to an aromatic ring is 1. The van der Waals surface area contributed by atoms with Crippen LogP contribution in [0.1, 0.15) is 56.6 Å². The number of aryl methyl sites for hydroxylation is 1. The lowest BCUT2D eigenvalue weighted by molar-refractivity contribution is -0.127. The molecule has 4 N–H and O–H groups in total. The van der Waals surface area contributed by atoms with E-state index in [2.05, 4.69) is 15.3 Å². The number of nitrogens with two attached hydrogens (primary N) is 1. The summed E-state index contributed by atoms with van der Waals surface area (Å²) >= 11 is 0. The van der Waals surface area contributed by atoms with Crippen molar-refractivity contribution in [2.75, 3.05) is 12.3 Å². The van der Waals surface area contributed by atoms with Crippen molar-refractivity contribution in [1.82, 2.24) is 15.3 Å². The molecule has 2 aromatic carbocycles. The normalized spacial score (nSPS) is 11.2. The molecular weight excluding hydrogens is 480 g/mol. The number of para-hydroxylation sites is 1. The zero-order chi connectivity index (χ0) is 27.9. The Kier molecular flexibility index (Phi) is 9.23. The Bertz CT molecular complexity index is 1430. The fraction of sp³-hybridized carbons (Fsp3) is 0.333. The van der Waals surface area contributed by atoms with E-state index < -0.39 is 11.5 Å². The van der Waals surface area contributed by atoms with Crippen molar-refractivity contribution in [1.29, 1.82) is 0 Å². The van der Waals surface area contributed by atoms with Crippen LogP contribution in [0.15, 0.2) is 60.8 Å². The quantitative estimate of drug-likeness (QED) is 0.271. The number of hydrogen-bond donors (Lipinski definition) is 3. The van der Waals surface area contributed by atoms with Crippen LogP contribution < -0.4 is 15.8 Å². The van der Waals surface area contributed by atoms with Gasteiger partial charge in [0.2, 0.25) is 5.91 Å². The highest BCUT2D eigenvalue weighted by Crippen LogP contribution is 2.30. The molecule has 0 atom stereocenters. The number of nitrogens with zero attached hydrogens (tertiary/aromatic N) is 2. The largest absolute Gasteiger partial charge is 0.490 e. The van der Waals surface area contributed by atoms with Gasteiger partial charge in [-0.05, 0) is 63.9 Å². The van der Waals surface area contributed by atoms with E-state index in [0.717, 1.165) is 40.3 Å². The molecule has 200 valence electrons. The van der Waals surface area contributed by atoms with Gasteiger partial charge in [0.1, 0.15) is 12.4 Å². The van der Waals surface area contributed by atoms with Crippen LogP contribution >= 0.6 is 0 Å². The van der Waals surface area contributed by atoms with Gasteiger partial charge in [-0.1, -0.05) is 38.1 Å². The topological polar surface area (TPSA) is 127 Å². The van der Waals surface area contributed by atoms with E-state index in [4.69, 9.17) is 15.6 Å². The van der Waals surface area contributed by atoms with E-state index in [-0.39, 0.29) is 17.4 Å². The molecule has 4 rings (SSSR count). The lowest BCUT2D eigenvalue weighted by atomic mass is 9.99. The van der Waals surface area contributed by atoms with Crippen molar-refractivity contribution in [3.8, 4) is 5.75 Å². The second-order valence-corrected chi connectivity index (χ2v) is 9.90. The number of hydrogen-bond acceptors (Lipinski definition) is 6. The number of carbonyl (C=O) groups excluding carboxylic acids is 1. The standard InChI is InChI=1S/C20H29N3O2.C10H7NO2/c1-6-14(7-2)19(24)23-20(4,5)12-25-17-10-8-9-16-18(17)15(21)11-13(3)22-16;12-10(13)8-5-7-3-1-2-4-9(7)11-6-8/h8-11,14H,6-7,12H2,1-5H3,(H2,21,22)(H,23,24);1-6H,(H,12,13). The monoisotopic (exact) mass is 516 g/mol. The van der Waals surface area contributed by atoms with Gasteiger partial charge in [-0.2, -0.15) is 0 Å². The summed E-state index contributed by atoms with van der Waals surface area (Å²) in [6.07, 6.45) is 3.04. The van der Waals surface area contributed by atoms with E-state index in [1.807, 2.05) is 83.1 Å². The molecule has 0 aliphatic carbocycles. The van der Waals surface area contributed by atoms with Crippen molar-refractivity contribution in [2.24, 2.45) is 5.92 Å². The second kappa shape index (κ2) is 12.4. The van der Waals surface area contributed by atoms with Gasteiger partial charge in [-0.15, -0.1) is 0 Å². The first-order valence-corrected chi connectivity index (χ1v) is 12.7. The van der Waals surface area contributed by atoms with Gasteiger partial charge in [-0.3, -0.25) is 14.8 Å². The number of carboxylic acids is 1. The van der Waals surface area contributed by atoms with E-state index in [0.29, 0.717) is 18.0 Å². The molecule has 0 saturated carbocycles. The van der Waals surface area contributed by atoms with Crippen molar-refractivity contribution >= 4 is 39.4 Å². The Labute approximate surface area is 223 Å². The number of benzene rings is 2. The van der Waals surface area contributed by atoms with Crippen LogP contribution in [0.3, 0.4) is 0 Å². The fourth-order valence-corrected chi connectivity index (χ4v) is 4.12. The van der Waals surface area contributed by atoms with Crippen LogP contribution in [0, 0.1) is 12.8 Å². The third kappa shape index (κ3) is 7.18. The lowest BCUT2D eigenvalue weighted by Gasteiger charge is -2.28. The number of fused-ring (bicyclic) bond motifs is 2. The van der Waals surface area contributed by atoms with Gasteiger partial charge in [0.05, 0.1) is 27.5 Å². The molecule has 0 saturated heterocycles. The maximum absolute atomic E-state index is 12.3. The Morgan fingerprint density at radius 2 is 1.74 bits per heavy atom. The molecule has 0 unspecified atom stereocenters. The van der Waals surface area contributed by atoms with Gasteiger partial charge >= 0.3 is 5.97 Å². The van der Waals surface area contributed by atoms with Gasteiger partial charge in [-0.25, -0.2) is 4.79 Å². The zero-order valence-corrected chi connectivity index (χ0v) is 22.6. The molecule has 0 aliphatic heterocycles. The number of rotatable bonds is 8. The van der Waals surface area contributed by atoms with Crippen LogP contribution in [0.25, 0.3) is 21.8 Å². The van der Waals surface area contributed by atoms with Gasteiger partial charge in [0.25, 0.3) is 0 Å². The molecule has 0 bridgehead atoms. The first-order chi connectivity index (χ1) is 18.0. The maximum Gasteiger partial charge on any atom is 0.337 e. The molecule has 0 radical (unpaired) electrons. The summed E-state index contributed by atoms with van der Waals surface area (Å²) in [6, 6.07) is 16.6. The lowest BCUT2D eigenvalue weighted by Crippen LogP contribution is -2.49. The Balaban J connectivity index is 0.000000256. The van der Waals surface area contributed by atoms with Gasteiger partial charge in [0.15, 0.2) is 0 Å². The van der Waals surface area contributed by atoms with Crippen LogP contribution in [0.5, 0.6) is 5.75 Å². The van der Waals surface area contributed by atoms with Crippen molar-refractivity contribution in [2.45, 2.75) is 53.0 Å². The molecular formula is C30H36N4O4. The molecule has 2 heterocycles. The fourth-order valence-electron chi connectivity index (χ4n) is 4.12. The molecule has 4 aromatic rings. The third-order valence-corrected chi connectivity index (χ3v) is 6.20. The minimum absolute atomic E-state index is 0.0413. The predicted octanol–water partition coefficient (Wildman–Crippen LogP) is 5.77. The molecule has 0 spiro atoms. The number of aromatic carboxylic acids is 1. The van der Waals surface area contributed by atoms with Crippen LogP contribution in [-0.2, 0) is 4.79 Å². The summed E-state index contributed by atoms with van der Waals surface area (Å²) in [5.74, 6) is -0.140. The summed E-state index contributed by atoms with van der Waals surface area (Å²) < 4.78 is 6.02. The van der Waals surface area contributed by atoms with Crippen molar-refractivity contribution < 1.29 is 19.4 Å². The highest BCUT2D eigenvalue weighted by Gasteiger charge is 2.25. The van der Waals surface area contributed by atoms with E-state index in [1.165, 1.54) is 6.20 Å². The summed E-state index contributed by atoms with van der Waals surface area (Å²) in [5.41, 5.74) is 9.06. The minimum Gasteiger partial charge on any atom is -0.490 e. The summed E-state index contributed by atoms with van der Waals surface area (Å²) in [6.45, 7) is 10.3. The van der Waals surface area contributed by atoms with Crippen molar-refractivity contribution in [3.05, 3.63) is 72.1 Å². The van der Waals surface area contributed by atoms with E-state index >= 15 is 0 Å². The maximum atomic E-state index is 12.3. The summed E-state index contributed by atoms with van der Waals surface area (Å²) in [4.78, 5) is 31.5. The average Bonchev–Trinajstić information content (AvgIpc) is 2.87. The molecule has 38 heavy (non-hydrogen) atoms. The summed E-state index contributed by atoms with van der Waals surface area (Å²) in [7, 11) is 0. The first-order valence-electron chi connectivity index (χ1n) is 12.7. The second-order valence-electron chi connectivity index (χ2n) is 9.90. The summed E-state index contributed by atoms with van der Waals surface area (Å²) in [5, 5.41) is 13.5. The number of carbonyl (C=O) groups is 2. The van der Waals surface area contributed by atoms with E-state index in [1.54, 1.807) is 6.07 Å². The Morgan fingerprint density at radius 1 is 1.05 bits per heavy atom. The number of pyridine rings is 2. The SMILES string of the molecule is CCC(CC)C(=O)NC(C)(C)COc1cccc2nc(C)cc(N)c12.O=C(O)c1cnc2ccccc2c1. The van der Waals surface area contributed by atoms with Crippen LogP contribution in [0.4, 0.5) is 5.69 Å². The Morgan fingerprint density at radius 3 is 2.42 bits per heavy atom. The number of amides is 1. The smallest absolute Gasteiger partial charge is 0.337 e. The molecule has 0 aliphatic rings. The number of ether oxygens (including phenoxy) is 1. The average molecular weight is 517 g/mol. The third-order valence-electron chi connectivity index (χ3n) is 6.20. The molecule has 8 nitrogen and oxygen atoms in total. The highest BCUT2D eigenvalue weighted by atomic mass is 16.5. The van der Waals surface area contributed by atoms with E-state index in [9.17, 15) is 9.59 Å². The Hall–Kier alpha value is -4.20. The number of aromatic nitrogens is 2. The minimum atomic E-state index is -0.946. The van der Waals surface area contributed by atoms with Gasteiger partial charge in [0, 0.05) is 28.9 Å². The zero-order valence-electron chi connectivity index (χ0n) is 22.6. The van der Waals surface area contributed by atoms with Crippen molar-refractivity contribution in [3.63, 3.8) is 0 Å². The predicted molar refractivity (Wildman–Crippen MR) is 151 cm³/mol. The highest BCUT2D eigenvalue weighted by molar-refractivity contribution is 5.95. The van der Waals surface area contributed by atoms with Crippen LogP contribution in [-0.4, -0.2) is 39.1 Å². The molecule has 8 heteroatoms. The van der Waals surface area contributed by atoms with Crippen LogP contribution in [0.2, 0.25) is 0 Å². The van der Waals surface area contributed by atoms with Gasteiger partial charge < -0.3 is 20.9 Å². The molecule has 0 fully saturated rings. The number of nitrogens with one attached hydrogen (secondary N) is 1. The molecule has 1 amide bonds.